The summed E-state index contributed by atoms with van der Waals surface area (Å²) in [5.74, 6) is 0. The highest BCUT2D eigenvalue weighted by Crippen LogP contribution is 2.48. The number of rotatable bonds is 8. The van der Waals surface area contributed by atoms with E-state index in [-0.39, 0.29) is 11.6 Å². The largest absolute Gasteiger partial charge is 0.243 e. The maximum absolute atomic E-state index is 13.0. The van der Waals surface area contributed by atoms with Crippen LogP contribution in [-0.2, 0) is 16.4 Å². The third kappa shape index (κ3) is 4.56. The van der Waals surface area contributed by atoms with E-state index in [0.29, 0.717) is 4.90 Å². The quantitative estimate of drug-likeness (QED) is 0.435. The Hall–Kier alpha value is -1.91. The fourth-order valence-corrected chi connectivity index (χ4v) is 6.00. The van der Waals surface area contributed by atoms with Crippen LogP contribution >= 0.6 is 0 Å². The lowest BCUT2D eigenvalue weighted by molar-refractivity contribution is 0.525. The average molecular weight is 398 g/mol. The molecule has 0 saturated carbocycles. The maximum atomic E-state index is 13.0. The minimum Gasteiger partial charge on any atom is -0.207 e. The first-order chi connectivity index (χ1) is 13.2. The van der Waals surface area contributed by atoms with E-state index in [2.05, 4.69) is 37.3 Å². The Morgan fingerprint density at radius 2 is 1.71 bits per heavy atom. The molecule has 150 valence electrons. The Morgan fingerprint density at radius 1 is 1.07 bits per heavy atom. The van der Waals surface area contributed by atoms with Gasteiger partial charge in [0.15, 0.2) is 0 Å². The lowest BCUT2D eigenvalue weighted by atomic mass is 10.0. The van der Waals surface area contributed by atoms with Crippen molar-refractivity contribution in [3.05, 3.63) is 77.4 Å². The monoisotopic (exact) mass is 397 g/mol. The Balaban J connectivity index is 1.57. The maximum Gasteiger partial charge on any atom is 0.243 e. The van der Waals surface area contributed by atoms with Gasteiger partial charge in [-0.2, -0.15) is 4.31 Å². The van der Waals surface area contributed by atoms with Crippen LogP contribution in [0, 0.1) is 6.92 Å². The third-order valence-electron chi connectivity index (χ3n) is 5.76. The molecule has 3 nitrogen and oxygen atoms in total. The molecule has 1 heterocycles. The van der Waals surface area contributed by atoms with Crippen LogP contribution < -0.4 is 0 Å². The zero-order valence-electron chi connectivity index (χ0n) is 17.4. The van der Waals surface area contributed by atoms with Crippen molar-refractivity contribution in [1.29, 1.82) is 0 Å². The van der Waals surface area contributed by atoms with Gasteiger partial charge >= 0.3 is 0 Å². The molecule has 0 aliphatic carbocycles. The van der Waals surface area contributed by atoms with E-state index in [0.717, 1.165) is 31.2 Å². The van der Waals surface area contributed by atoms with Crippen molar-refractivity contribution in [3.63, 3.8) is 0 Å². The van der Waals surface area contributed by atoms with Gasteiger partial charge in [0.05, 0.1) is 4.90 Å². The molecule has 0 radical (unpaired) electrons. The van der Waals surface area contributed by atoms with Gasteiger partial charge in [0, 0.05) is 11.6 Å². The van der Waals surface area contributed by atoms with E-state index in [1.54, 1.807) is 16.4 Å². The van der Waals surface area contributed by atoms with Gasteiger partial charge in [0.25, 0.3) is 0 Å². The number of allylic oxidation sites excluding steroid dienone is 2. The smallest absolute Gasteiger partial charge is 0.207 e. The Morgan fingerprint density at radius 3 is 2.36 bits per heavy atom. The minimum atomic E-state index is -3.43. The first-order valence-electron chi connectivity index (χ1n) is 10.0. The van der Waals surface area contributed by atoms with Crippen molar-refractivity contribution in [2.75, 3.05) is 0 Å². The number of nitrogens with zero attached hydrogens (tertiary/aromatic N) is 1. The molecule has 1 aliphatic heterocycles. The molecular weight excluding hydrogens is 366 g/mol. The molecule has 0 aromatic heterocycles. The molecule has 2 aromatic carbocycles. The lowest BCUT2D eigenvalue weighted by Gasteiger charge is -2.09. The van der Waals surface area contributed by atoms with Crippen molar-refractivity contribution in [2.45, 2.75) is 69.9 Å². The predicted octanol–water partition coefficient (Wildman–Crippen LogP) is 5.51. The summed E-state index contributed by atoms with van der Waals surface area (Å²) in [7, 11) is -3.43. The van der Waals surface area contributed by atoms with Gasteiger partial charge in [-0.3, -0.25) is 0 Å². The Labute approximate surface area is 170 Å². The van der Waals surface area contributed by atoms with Crippen molar-refractivity contribution < 1.29 is 8.42 Å². The van der Waals surface area contributed by atoms with Gasteiger partial charge in [-0.25, -0.2) is 8.42 Å². The summed E-state index contributed by atoms with van der Waals surface area (Å²) in [5, 5.41) is 0. The summed E-state index contributed by atoms with van der Waals surface area (Å²) >= 11 is 0. The zero-order valence-corrected chi connectivity index (χ0v) is 18.2. The second-order valence-electron chi connectivity index (χ2n) is 8.40. The highest BCUT2D eigenvalue weighted by molar-refractivity contribution is 7.89. The van der Waals surface area contributed by atoms with Gasteiger partial charge in [-0.15, -0.1) is 0 Å². The predicted molar refractivity (Wildman–Crippen MR) is 116 cm³/mol. The van der Waals surface area contributed by atoms with Crippen LogP contribution in [0.25, 0.3) is 0 Å². The van der Waals surface area contributed by atoms with Crippen LogP contribution in [0.3, 0.4) is 0 Å². The SMILES string of the molecule is C/C(=C\CCc1ccccc1)CCC1N(S(=O)(=O)c2ccc(C)cc2)C1(C)C. The van der Waals surface area contributed by atoms with Gasteiger partial charge in [0.2, 0.25) is 10.0 Å². The van der Waals surface area contributed by atoms with Crippen LogP contribution in [0.4, 0.5) is 0 Å². The summed E-state index contributed by atoms with van der Waals surface area (Å²) in [5.41, 5.74) is 3.45. The zero-order chi connectivity index (χ0) is 20.4. The Bertz CT molecular complexity index is 928. The molecule has 0 spiro atoms. The lowest BCUT2D eigenvalue weighted by Crippen LogP contribution is -2.18. The highest BCUT2D eigenvalue weighted by atomic mass is 32.2. The van der Waals surface area contributed by atoms with E-state index < -0.39 is 10.0 Å². The molecule has 2 atom stereocenters. The third-order valence-corrected chi connectivity index (χ3v) is 7.87. The summed E-state index contributed by atoms with van der Waals surface area (Å²) < 4.78 is 27.7. The molecule has 4 heteroatoms. The molecule has 3 rings (SSSR count). The summed E-state index contributed by atoms with van der Waals surface area (Å²) in [6.45, 7) is 8.17. The molecule has 1 saturated heterocycles. The molecule has 1 fully saturated rings. The minimum absolute atomic E-state index is 0.0660. The fraction of sp³-hybridized carbons (Fsp3) is 0.417. The van der Waals surface area contributed by atoms with E-state index in [1.807, 2.05) is 39.0 Å². The number of hydrogen-bond donors (Lipinski definition) is 0. The van der Waals surface area contributed by atoms with Crippen LogP contribution in [0.15, 0.2) is 71.1 Å². The van der Waals surface area contributed by atoms with Crippen molar-refractivity contribution >= 4 is 10.0 Å². The fourth-order valence-electron chi connectivity index (χ4n) is 3.90. The standard InChI is InChI=1S/C24H31NO2S/c1-19(9-8-12-21-10-6-5-7-11-21)15-18-23-24(3,4)25(23)28(26,27)22-16-13-20(2)14-17-22/h5-7,9-11,13-14,16-17,23H,8,12,15,18H2,1-4H3/b19-9+. The normalized spacial score (nSPS) is 21.5. The van der Waals surface area contributed by atoms with E-state index in [4.69, 9.17) is 0 Å². The summed E-state index contributed by atoms with van der Waals surface area (Å²) in [6, 6.07) is 17.7. The number of sulfonamides is 1. The van der Waals surface area contributed by atoms with Crippen molar-refractivity contribution in [3.8, 4) is 0 Å². The molecule has 2 aromatic rings. The molecule has 0 bridgehead atoms. The topological polar surface area (TPSA) is 37.1 Å². The van der Waals surface area contributed by atoms with Crippen LogP contribution in [0.1, 0.15) is 51.2 Å². The van der Waals surface area contributed by atoms with Crippen LogP contribution in [0.5, 0.6) is 0 Å². The van der Waals surface area contributed by atoms with Gasteiger partial charge in [-0.05, 0) is 71.1 Å². The van der Waals surface area contributed by atoms with Crippen LogP contribution in [0.2, 0.25) is 0 Å². The van der Waals surface area contributed by atoms with Gasteiger partial charge < -0.3 is 0 Å². The van der Waals surface area contributed by atoms with Gasteiger partial charge in [0.1, 0.15) is 0 Å². The van der Waals surface area contributed by atoms with Crippen molar-refractivity contribution in [1.82, 2.24) is 4.31 Å². The molecule has 1 aliphatic rings. The van der Waals surface area contributed by atoms with Crippen LogP contribution in [-0.4, -0.2) is 24.3 Å². The number of aryl methyl sites for hydroxylation is 2. The number of benzene rings is 2. The highest BCUT2D eigenvalue weighted by Gasteiger charge is 2.61. The van der Waals surface area contributed by atoms with E-state index in [1.165, 1.54) is 11.1 Å². The Kier molecular flexibility index (Phi) is 6.11. The summed E-state index contributed by atoms with van der Waals surface area (Å²) in [6.07, 6.45) is 6.16. The molecule has 0 amide bonds. The first-order valence-corrected chi connectivity index (χ1v) is 11.5. The molecule has 2 unspecified atom stereocenters. The molecule has 0 N–H and O–H groups in total. The van der Waals surface area contributed by atoms with Crippen molar-refractivity contribution in [2.24, 2.45) is 0 Å². The second-order valence-corrected chi connectivity index (χ2v) is 10.2. The molecular formula is C24H31NO2S. The van der Waals surface area contributed by atoms with Gasteiger partial charge in [-0.1, -0.05) is 59.7 Å². The summed E-state index contributed by atoms with van der Waals surface area (Å²) in [4.78, 5) is 0.392. The first kappa shape index (κ1) is 20.8. The van der Waals surface area contributed by atoms with E-state index >= 15 is 0 Å². The van der Waals surface area contributed by atoms with E-state index in [9.17, 15) is 8.42 Å². The molecule has 28 heavy (non-hydrogen) atoms. The average Bonchev–Trinajstić information content (AvgIpc) is 3.23. The second kappa shape index (κ2) is 8.22. The number of hydrogen-bond acceptors (Lipinski definition) is 2.